The van der Waals surface area contributed by atoms with Gasteiger partial charge < -0.3 is 5.73 Å². The van der Waals surface area contributed by atoms with Gasteiger partial charge in [-0.1, -0.05) is 0 Å². The molecule has 0 spiro atoms. The maximum absolute atomic E-state index is 8.70. The Labute approximate surface area is 103 Å². The summed E-state index contributed by atoms with van der Waals surface area (Å²) in [5.74, 6) is 0. The smallest absolute Gasteiger partial charge is 0.0635 e. The van der Waals surface area contributed by atoms with Gasteiger partial charge in [0, 0.05) is 44.4 Å². The maximum Gasteiger partial charge on any atom is 0.0635 e. The van der Waals surface area contributed by atoms with Crippen LogP contribution in [0.5, 0.6) is 0 Å². The largest absolute Gasteiger partial charge is 0.329 e. The highest BCUT2D eigenvalue weighted by Gasteiger charge is 2.22. The molecule has 0 fully saturated rings. The Morgan fingerprint density at radius 2 is 2.29 bits per heavy atom. The molecule has 5 nitrogen and oxygen atoms in total. The molecule has 1 aromatic rings. The maximum atomic E-state index is 8.70. The second-order valence-electron chi connectivity index (χ2n) is 4.44. The van der Waals surface area contributed by atoms with Gasteiger partial charge in [0.1, 0.15) is 0 Å². The van der Waals surface area contributed by atoms with Crippen LogP contribution in [0.1, 0.15) is 31.9 Å². The van der Waals surface area contributed by atoms with Crippen LogP contribution < -0.4 is 5.73 Å². The molecule has 1 atom stereocenters. The summed E-state index contributed by atoms with van der Waals surface area (Å²) in [4.78, 5) is 2.25. The Kier molecular flexibility index (Phi) is 5.13. The van der Waals surface area contributed by atoms with E-state index in [-0.39, 0.29) is 6.04 Å². The topological polar surface area (TPSA) is 70.9 Å². The highest BCUT2D eigenvalue weighted by atomic mass is 15.3. The van der Waals surface area contributed by atoms with Gasteiger partial charge in [0.15, 0.2) is 0 Å². The minimum atomic E-state index is 0.136. The minimum Gasteiger partial charge on any atom is -0.329 e. The summed E-state index contributed by atoms with van der Waals surface area (Å²) in [6.07, 6.45) is 4.35. The molecule has 1 aromatic heterocycles. The van der Waals surface area contributed by atoms with Crippen LogP contribution in [0.3, 0.4) is 0 Å². The third-order valence-electron chi connectivity index (χ3n) is 2.88. The van der Waals surface area contributed by atoms with Crippen molar-refractivity contribution in [3.63, 3.8) is 0 Å². The molecule has 0 amide bonds. The van der Waals surface area contributed by atoms with Crippen molar-refractivity contribution >= 4 is 0 Å². The molecule has 17 heavy (non-hydrogen) atoms. The van der Waals surface area contributed by atoms with Gasteiger partial charge in [0.05, 0.1) is 18.3 Å². The average Bonchev–Trinajstić information content (AvgIpc) is 2.70. The van der Waals surface area contributed by atoms with Crippen molar-refractivity contribution in [1.29, 1.82) is 5.26 Å². The van der Waals surface area contributed by atoms with Crippen LogP contribution in [0, 0.1) is 11.3 Å². The summed E-state index contributed by atoms with van der Waals surface area (Å²) in [6.45, 7) is 5.52. The van der Waals surface area contributed by atoms with Crippen LogP contribution in [0.2, 0.25) is 0 Å². The second kappa shape index (κ2) is 6.38. The molecule has 2 N–H and O–H groups in total. The molecule has 94 valence electrons. The highest BCUT2D eigenvalue weighted by Crippen LogP contribution is 2.21. The van der Waals surface area contributed by atoms with E-state index in [1.807, 2.05) is 19.4 Å². The van der Waals surface area contributed by atoms with Gasteiger partial charge in [-0.3, -0.25) is 9.58 Å². The molecule has 1 unspecified atom stereocenters. The monoisotopic (exact) mass is 235 g/mol. The molecule has 0 aromatic carbocycles. The average molecular weight is 235 g/mol. The quantitative estimate of drug-likeness (QED) is 0.800. The van der Waals surface area contributed by atoms with E-state index in [4.69, 9.17) is 11.0 Å². The van der Waals surface area contributed by atoms with Crippen molar-refractivity contribution in [2.24, 2.45) is 12.8 Å². The summed E-state index contributed by atoms with van der Waals surface area (Å²) in [5, 5.41) is 12.9. The van der Waals surface area contributed by atoms with E-state index < -0.39 is 0 Å². The molecule has 0 aliphatic heterocycles. The highest BCUT2D eigenvalue weighted by molar-refractivity contribution is 5.11. The van der Waals surface area contributed by atoms with Crippen LogP contribution >= 0.6 is 0 Å². The Morgan fingerprint density at radius 3 is 2.71 bits per heavy atom. The first-order chi connectivity index (χ1) is 8.10. The van der Waals surface area contributed by atoms with Crippen molar-refractivity contribution < 1.29 is 0 Å². The molecular weight excluding hydrogens is 214 g/mol. The molecule has 1 heterocycles. The normalized spacial score (nSPS) is 13.0. The van der Waals surface area contributed by atoms with Crippen LogP contribution in [-0.4, -0.2) is 33.8 Å². The lowest BCUT2D eigenvalue weighted by atomic mass is 10.1. The van der Waals surface area contributed by atoms with Crippen molar-refractivity contribution in [2.45, 2.75) is 32.4 Å². The summed E-state index contributed by atoms with van der Waals surface area (Å²) >= 11 is 0. The number of aryl methyl sites for hydroxylation is 1. The van der Waals surface area contributed by atoms with E-state index in [2.05, 4.69) is 29.9 Å². The van der Waals surface area contributed by atoms with Gasteiger partial charge in [-0.05, 0) is 13.8 Å². The zero-order chi connectivity index (χ0) is 12.8. The molecule has 0 aliphatic rings. The van der Waals surface area contributed by atoms with Crippen LogP contribution in [0.4, 0.5) is 0 Å². The molecule has 5 heteroatoms. The Morgan fingerprint density at radius 1 is 1.59 bits per heavy atom. The molecule has 1 rings (SSSR count). The van der Waals surface area contributed by atoms with Crippen molar-refractivity contribution in [3.8, 4) is 6.07 Å². The summed E-state index contributed by atoms with van der Waals surface area (Å²) < 4.78 is 1.78. The number of nitrogens with two attached hydrogens (primary N) is 1. The van der Waals surface area contributed by atoms with Gasteiger partial charge >= 0.3 is 0 Å². The fourth-order valence-corrected chi connectivity index (χ4v) is 2.03. The fraction of sp³-hybridized carbons (Fsp3) is 0.667. The van der Waals surface area contributed by atoms with Crippen molar-refractivity contribution in [1.82, 2.24) is 14.7 Å². The number of rotatable bonds is 6. The van der Waals surface area contributed by atoms with Crippen LogP contribution in [0.15, 0.2) is 12.4 Å². The summed E-state index contributed by atoms with van der Waals surface area (Å²) in [7, 11) is 1.89. The van der Waals surface area contributed by atoms with Crippen molar-refractivity contribution in [2.75, 3.05) is 13.1 Å². The zero-order valence-electron chi connectivity index (χ0n) is 10.8. The standard InChI is InChI=1S/C12H21N5/c1-10(2)17(6-4-5-13)12(7-14)11-8-15-16(3)9-11/h8-10,12H,4,6-7,14H2,1-3H3. The van der Waals surface area contributed by atoms with Crippen LogP contribution in [0.25, 0.3) is 0 Å². The van der Waals surface area contributed by atoms with E-state index >= 15 is 0 Å². The van der Waals surface area contributed by atoms with E-state index in [0.717, 1.165) is 12.1 Å². The van der Waals surface area contributed by atoms with Crippen molar-refractivity contribution in [3.05, 3.63) is 18.0 Å². The molecule has 0 radical (unpaired) electrons. The summed E-state index contributed by atoms with van der Waals surface area (Å²) in [6, 6.07) is 2.68. The number of hydrogen-bond acceptors (Lipinski definition) is 4. The van der Waals surface area contributed by atoms with E-state index in [1.165, 1.54) is 0 Å². The molecule has 0 aliphatic carbocycles. The van der Waals surface area contributed by atoms with Gasteiger partial charge in [0.2, 0.25) is 0 Å². The zero-order valence-corrected chi connectivity index (χ0v) is 10.8. The van der Waals surface area contributed by atoms with Gasteiger partial charge in [-0.15, -0.1) is 0 Å². The summed E-state index contributed by atoms with van der Waals surface area (Å²) in [5.41, 5.74) is 6.98. The number of hydrogen-bond donors (Lipinski definition) is 1. The number of nitrogens with zero attached hydrogens (tertiary/aromatic N) is 4. The lowest BCUT2D eigenvalue weighted by Gasteiger charge is -2.33. The van der Waals surface area contributed by atoms with Gasteiger partial charge in [-0.2, -0.15) is 10.4 Å². The number of nitriles is 1. The number of aromatic nitrogens is 2. The van der Waals surface area contributed by atoms with E-state index in [1.54, 1.807) is 4.68 Å². The first-order valence-corrected chi connectivity index (χ1v) is 5.91. The molecular formula is C12H21N5. The Bertz CT molecular complexity index is 376. The predicted molar refractivity (Wildman–Crippen MR) is 67.1 cm³/mol. The first kappa shape index (κ1) is 13.7. The lowest BCUT2D eigenvalue weighted by Crippen LogP contribution is -2.39. The van der Waals surface area contributed by atoms with Crippen LogP contribution in [-0.2, 0) is 7.05 Å². The third-order valence-corrected chi connectivity index (χ3v) is 2.88. The molecule has 0 bridgehead atoms. The molecule has 0 saturated carbocycles. The second-order valence-corrected chi connectivity index (χ2v) is 4.44. The van der Waals surface area contributed by atoms with E-state index in [9.17, 15) is 0 Å². The fourth-order valence-electron chi connectivity index (χ4n) is 2.03. The SMILES string of the molecule is CC(C)N(CCC#N)C(CN)c1cnn(C)c1. The van der Waals surface area contributed by atoms with E-state index in [0.29, 0.717) is 19.0 Å². The predicted octanol–water partition coefficient (Wildman–Crippen LogP) is 1.04. The van der Waals surface area contributed by atoms with Gasteiger partial charge in [-0.25, -0.2) is 0 Å². The first-order valence-electron chi connectivity index (χ1n) is 5.91. The molecule has 0 saturated heterocycles. The van der Waals surface area contributed by atoms with Gasteiger partial charge in [0.25, 0.3) is 0 Å². The Hall–Kier alpha value is -1.38. The Balaban J connectivity index is 2.85. The minimum absolute atomic E-state index is 0.136. The third kappa shape index (κ3) is 3.55. The lowest BCUT2D eigenvalue weighted by molar-refractivity contribution is 0.161.